The van der Waals surface area contributed by atoms with Gasteiger partial charge in [0.25, 0.3) is 0 Å². The lowest BCUT2D eigenvalue weighted by Gasteiger charge is -2.27. The van der Waals surface area contributed by atoms with Gasteiger partial charge in [-0.2, -0.15) is 0 Å². The molecular formula is C39H52N8O5. The van der Waals surface area contributed by atoms with Gasteiger partial charge in [-0.1, -0.05) is 80.6 Å². The summed E-state index contributed by atoms with van der Waals surface area (Å²) in [5.74, 6) is -1.86. The summed E-state index contributed by atoms with van der Waals surface area (Å²) < 4.78 is 0. The number of fused-ring (bicyclic) bond motifs is 1. The Balaban J connectivity index is 1.46. The van der Waals surface area contributed by atoms with E-state index < -0.39 is 41.9 Å². The van der Waals surface area contributed by atoms with E-state index in [1.807, 2.05) is 74.5 Å². The van der Waals surface area contributed by atoms with Gasteiger partial charge in [0.2, 0.25) is 23.6 Å². The van der Waals surface area contributed by atoms with Crippen molar-refractivity contribution in [3.05, 3.63) is 106 Å². The number of carbonyl (C=O) groups excluding carboxylic acids is 4. The number of nitrogens with two attached hydrogens (primary N) is 2. The quantitative estimate of drug-likeness (QED) is 0.0639. The molecule has 0 aliphatic rings. The highest BCUT2D eigenvalue weighted by Crippen LogP contribution is 2.13. The molecule has 278 valence electrons. The van der Waals surface area contributed by atoms with Gasteiger partial charge < -0.3 is 42.7 Å². The first-order valence-electron chi connectivity index (χ1n) is 18.0. The lowest BCUT2D eigenvalue weighted by atomic mass is 9.99. The van der Waals surface area contributed by atoms with Gasteiger partial charge in [-0.3, -0.25) is 19.2 Å². The molecule has 1 heterocycles. The van der Waals surface area contributed by atoms with Crippen molar-refractivity contribution in [1.82, 2.24) is 31.2 Å². The molecular weight excluding hydrogens is 660 g/mol. The zero-order valence-electron chi connectivity index (χ0n) is 30.0. The third kappa shape index (κ3) is 12.5. The van der Waals surface area contributed by atoms with Crippen molar-refractivity contribution < 1.29 is 19.2 Å². The number of hydrogen-bond donors (Lipinski definition) is 8. The molecule has 0 saturated carbocycles. The Bertz CT molecular complexity index is 1810. The average Bonchev–Trinajstić information content (AvgIpc) is 3.51. The largest absolute Gasteiger partial charge is 0.350 e. The van der Waals surface area contributed by atoms with E-state index in [0.29, 0.717) is 56.1 Å². The SMILES string of the molecule is CC(C)C[C@@H](NC(=O)[C@@H](CCc1ccccc1)NC(=O)[C@H](N)Cc1ccccc1)C(=O)N[C@H](CCCCN)C(=O)NCc1ccc2[nH]c(=O)[nH]c2c1. The second-order valence-corrected chi connectivity index (χ2v) is 13.6. The summed E-state index contributed by atoms with van der Waals surface area (Å²) in [6, 6.07) is 20.6. The Morgan fingerprint density at radius 3 is 1.94 bits per heavy atom. The van der Waals surface area contributed by atoms with Crippen LogP contribution in [0.3, 0.4) is 0 Å². The predicted molar refractivity (Wildman–Crippen MR) is 202 cm³/mol. The summed E-state index contributed by atoms with van der Waals surface area (Å²) in [6.07, 6.45) is 2.99. The van der Waals surface area contributed by atoms with Crippen LogP contribution in [0.2, 0.25) is 0 Å². The second kappa shape index (κ2) is 19.9. The molecule has 0 saturated heterocycles. The Hall–Kier alpha value is -5.27. The van der Waals surface area contributed by atoms with Gasteiger partial charge in [0.05, 0.1) is 17.1 Å². The Morgan fingerprint density at radius 1 is 0.673 bits per heavy atom. The summed E-state index contributed by atoms with van der Waals surface area (Å²) in [5, 5.41) is 11.5. The topological polar surface area (TPSA) is 217 Å². The fourth-order valence-electron chi connectivity index (χ4n) is 5.98. The van der Waals surface area contributed by atoms with Crippen LogP contribution in [0, 0.1) is 5.92 Å². The highest BCUT2D eigenvalue weighted by molar-refractivity contribution is 5.95. The zero-order chi connectivity index (χ0) is 37.5. The fraction of sp³-hybridized carbons (Fsp3) is 0.410. The number of amides is 4. The molecule has 4 rings (SSSR count). The van der Waals surface area contributed by atoms with E-state index in [2.05, 4.69) is 31.2 Å². The summed E-state index contributed by atoms with van der Waals surface area (Å²) >= 11 is 0. The normalized spacial score (nSPS) is 13.6. The minimum atomic E-state index is -0.973. The van der Waals surface area contributed by atoms with E-state index in [1.54, 1.807) is 18.2 Å². The monoisotopic (exact) mass is 712 g/mol. The number of aromatic nitrogens is 2. The summed E-state index contributed by atoms with van der Waals surface area (Å²) in [6.45, 7) is 4.48. The average molecular weight is 713 g/mol. The van der Waals surface area contributed by atoms with Gasteiger partial charge in [0.1, 0.15) is 18.1 Å². The van der Waals surface area contributed by atoms with E-state index in [1.165, 1.54) is 0 Å². The molecule has 3 aromatic carbocycles. The molecule has 4 aromatic rings. The number of hydrogen-bond acceptors (Lipinski definition) is 7. The first kappa shape index (κ1) is 39.5. The van der Waals surface area contributed by atoms with Crippen LogP contribution < -0.4 is 38.4 Å². The number of aromatic amines is 2. The Kier molecular flexibility index (Phi) is 15.2. The number of unbranched alkanes of at least 4 members (excludes halogenated alkanes) is 1. The minimum absolute atomic E-state index is 0.0204. The molecule has 0 fully saturated rings. The summed E-state index contributed by atoms with van der Waals surface area (Å²) in [5.41, 5.74) is 15.6. The van der Waals surface area contributed by atoms with E-state index in [0.717, 1.165) is 16.7 Å². The number of carbonyl (C=O) groups is 4. The van der Waals surface area contributed by atoms with Gasteiger partial charge in [-0.05, 0) is 86.2 Å². The third-order valence-corrected chi connectivity index (χ3v) is 8.80. The number of H-pyrrole nitrogens is 2. The standard InChI is InChI=1S/C39H52N8O5/c1-25(2)21-34(38(51)44-31(15-9-10-20-40)36(49)42-24-28-17-18-30-33(23-28)47-39(52)46-30)45-37(50)32(19-16-26-11-5-3-6-12-26)43-35(48)29(41)22-27-13-7-4-8-14-27/h3-8,11-14,17-18,23,25,29,31-32,34H,9-10,15-16,19-22,24,40-41H2,1-2H3,(H,42,49)(H,43,48)(H,44,51)(H,45,50)(H2,46,47,52)/t29-,31-,32-,34-/m1/s1. The molecule has 0 bridgehead atoms. The lowest BCUT2D eigenvalue weighted by Crippen LogP contribution is -2.58. The number of imidazole rings is 1. The van der Waals surface area contributed by atoms with Crippen LogP contribution in [-0.2, 0) is 38.6 Å². The van der Waals surface area contributed by atoms with Crippen molar-refractivity contribution >= 4 is 34.7 Å². The molecule has 13 heteroatoms. The van der Waals surface area contributed by atoms with Crippen LogP contribution in [0.15, 0.2) is 83.7 Å². The highest BCUT2D eigenvalue weighted by atomic mass is 16.2. The van der Waals surface area contributed by atoms with E-state index in [-0.39, 0.29) is 30.5 Å². The number of aryl methyl sites for hydroxylation is 1. The molecule has 0 aliphatic heterocycles. The molecule has 52 heavy (non-hydrogen) atoms. The first-order chi connectivity index (χ1) is 25.0. The molecule has 0 aliphatic carbocycles. The van der Waals surface area contributed by atoms with Crippen molar-refractivity contribution in [1.29, 1.82) is 0 Å². The van der Waals surface area contributed by atoms with Gasteiger partial charge in [0, 0.05) is 6.54 Å². The van der Waals surface area contributed by atoms with Gasteiger partial charge in [-0.25, -0.2) is 4.79 Å². The van der Waals surface area contributed by atoms with Gasteiger partial charge in [0.15, 0.2) is 0 Å². The maximum atomic E-state index is 13.9. The molecule has 1 aromatic heterocycles. The van der Waals surface area contributed by atoms with Gasteiger partial charge in [-0.15, -0.1) is 0 Å². The molecule has 10 N–H and O–H groups in total. The Morgan fingerprint density at radius 2 is 1.27 bits per heavy atom. The third-order valence-electron chi connectivity index (χ3n) is 8.80. The van der Waals surface area contributed by atoms with E-state index in [4.69, 9.17) is 11.5 Å². The van der Waals surface area contributed by atoms with Crippen molar-refractivity contribution in [2.45, 2.75) is 89.5 Å². The number of nitrogens with one attached hydrogen (secondary N) is 6. The predicted octanol–water partition coefficient (Wildman–Crippen LogP) is 2.30. The van der Waals surface area contributed by atoms with Crippen LogP contribution >= 0.6 is 0 Å². The first-order valence-corrected chi connectivity index (χ1v) is 18.0. The highest BCUT2D eigenvalue weighted by Gasteiger charge is 2.31. The maximum absolute atomic E-state index is 13.9. The minimum Gasteiger partial charge on any atom is -0.350 e. The lowest BCUT2D eigenvalue weighted by molar-refractivity contribution is -0.134. The van der Waals surface area contributed by atoms with E-state index >= 15 is 0 Å². The number of rotatable bonds is 20. The molecule has 13 nitrogen and oxygen atoms in total. The van der Waals surface area contributed by atoms with Crippen LogP contribution in [0.5, 0.6) is 0 Å². The van der Waals surface area contributed by atoms with Gasteiger partial charge >= 0.3 is 5.69 Å². The second-order valence-electron chi connectivity index (χ2n) is 13.6. The maximum Gasteiger partial charge on any atom is 0.323 e. The van der Waals surface area contributed by atoms with Crippen molar-refractivity contribution in [3.8, 4) is 0 Å². The Labute approximate surface area is 304 Å². The molecule has 0 unspecified atom stereocenters. The smallest absolute Gasteiger partial charge is 0.323 e. The van der Waals surface area contributed by atoms with Crippen LogP contribution in [0.25, 0.3) is 11.0 Å². The van der Waals surface area contributed by atoms with Crippen LogP contribution in [0.1, 0.15) is 62.6 Å². The summed E-state index contributed by atoms with van der Waals surface area (Å²) in [4.78, 5) is 71.5. The van der Waals surface area contributed by atoms with Crippen molar-refractivity contribution in [3.63, 3.8) is 0 Å². The fourth-order valence-corrected chi connectivity index (χ4v) is 5.98. The molecule has 4 atom stereocenters. The molecule has 0 spiro atoms. The summed E-state index contributed by atoms with van der Waals surface area (Å²) in [7, 11) is 0. The number of benzene rings is 3. The van der Waals surface area contributed by atoms with Crippen molar-refractivity contribution in [2.24, 2.45) is 17.4 Å². The molecule has 0 radical (unpaired) electrons. The van der Waals surface area contributed by atoms with Crippen molar-refractivity contribution in [2.75, 3.05) is 6.54 Å². The zero-order valence-corrected chi connectivity index (χ0v) is 30.0. The van der Waals surface area contributed by atoms with E-state index in [9.17, 15) is 24.0 Å². The van der Waals surface area contributed by atoms with Crippen LogP contribution in [0.4, 0.5) is 0 Å². The van der Waals surface area contributed by atoms with Crippen LogP contribution in [-0.4, -0.2) is 64.3 Å². The molecule has 4 amide bonds.